The molecule has 0 saturated carbocycles. The molecule has 1 aliphatic heterocycles. The summed E-state index contributed by atoms with van der Waals surface area (Å²) in [5, 5.41) is 12.5. The number of ether oxygens (including phenoxy) is 1. The van der Waals surface area contributed by atoms with Crippen molar-refractivity contribution in [2.45, 2.75) is 31.6 Å². The van der Waals surface area contributed by atoms with E-state index in [2.05, 4.69) is 5.32 Å². The van der Waals surface area contributed by atoms with Gasteiger partial charge < -0.3 is 20.1 Å². The molecule has 1 fully saturated rings. The highest BCUT2D eigenvalue weighted by atomic mass is 16.5. The van der Waals surface area contributed by atoms with Crippen LogP contribution < -0.4 is 15.0 Å². The van der Waals surface area contributed by atoms with Crippen molar-refractivity contribution >= 4 is 29.2 Å². The molecule has 2 amide bonds. The van der Waals surface area contributed by atoms with Crippen LogP contribution in [0, 0.1) is 0 Å². The zero-order valence-electron chi connectivity index (χ0n) is 16.5. The average Bonchev–Trinajstić information content (AvgIpc) is 3.13. The number of carbonyl (C=O) groups is 3. The molecule has 0 aliphatic carbocycles. The van der Waals surface area contributed by atoms with Crippen LogP contribution in [0.1, 0.15) is 31.7 Å². The summed E-state index contributed by atoms with van der Waals surface area (Å²) in [6.45, 7) is 2.17. The first-order valence-electron chi connectivity index (χ1n) is 9.42. The Morgan fingerprint density at radius 3 is 2.52 bits per heavy atom. The Hall–Kier alpha value is -3.35. The maximum atomic E-state index is 12.6. The Balaban J connectivity index is 1.78. The van der Waals surface area contributed by atoms with E-state index in [1.807, 2.05) is 0 Å². The van der Waals surface area contributed by atoms with E-state index < -0.39 is 17.3 Å². The van der Waals surface area contributed by atoms with Gasteiger partial charge in [0, 0.05) is 31.1 Å². The molecule has 1 atom stereocenters. The van der Waals surface area contributed by atoms with Gasteiger partial charge in [0.1, 0.15) is 5.75 Å². The second kappa shape index (κ2) is 8.34. The van der Waals surface area contributed by atoms with Gasteiger partial charge in [-0.3, -0.25) is 14.4 Å². The second-order valence-corrected chi connectivity index (χ2v) is 7.26. The zero-order valence-corrected chi connectivity index (χ0v) is 16.5. The molecule has 0 spiro atoms. The van der Waals surface area contributed by atoms with Gasteiger partial charge in [0.15, 0.2) is 0 Å². The Labute approximate surface area is 169 Å². The number of hydrogen-bond donors (Lipinski definition) is 2. The highest BCUT2D eigenvalue weighted by Crippen LogP contribution is 2.34. The highest BCUT2D eigenvalue weighted by Gasteiger charge is 2.37. The molecule has 1 aliphatic rings. The van der Waals surface area contributed by atoms with Crippen molar-refractivity contribution < 1.29 is 24.2 Å². The summed E-state index contributed by atoms with van der Waals surface area (Å²) >= 11 is 0. The van der Waals surface area contributed by atoms with E-state index in [0.29, 0.717) is 35.7 Å². The minimum atomic E-state index is -1.35. The van der Waals surface area contributed by atoms with Crippen molar-refractivity contribution in [3.05, 3.63) is 54.1 Å². The smallest absolute Gasteiger partial charge is 0.314 e. The van der Waals surface area contributed by atoms with Crippen LogP contribution in [0.25, 0.3) is 0 Å². The summed E-state index contributed by atoms with van der Waals surface area (Å²) in [4.78, 5) is 38.2. The lowest BCUT2D eigenvalue weighted by atomic mass is 9.79. The number of aliphatic carboxylic acids is 1. The number of carbonyl (C=O) groups excluding carboxylic acids is 2. The summed E-state index contributed by atoms with van der Waals surface area (Å²) in [5.41, 5.74) is 0.344. The number of amides is 2. The molecule has 29 heavy (non-hydrogen) atoms. The predicted molar refractivity (Wildman–Crippen MR) is 109 cm³/mol. The van der Waals surface area contributed by atoms with Crippen molar-refractivity contribution in [1.82, 2.24) is 0 Å². The molecule has 152 valence electrons. The zero-order chi connectivity index (χ0) is 21.0. The van der Waals surface area contributed by atoms with Gasteiger partial charge in [0.2, 0.25) is 11.8 Å². The number of rotatable bonds is 7. The third kappa shape index (κ3) is 4.23. The lowest BCUT2D eigenvalue weighted by molar-refractivity contribution is -0.145. The standard InChI is InChI=1S/C22H24N2O5/c1-22(21(27)28,15-7-4-3-5-8-15)14-19(25)23-16-10-11-17(18(13-16)29-2)24-12-6-9-20(24)26/h3-5,7-8,10-11,13H,6,9,12,14H2,1-2H3,(H,23,25)(H,27,28). The van der Waals surface area contributed by atoms with Crippen molar-refractivity contribution in [2.75, 3.05) is 23.9 Å². The molecule has 0 aromatic heterocycles. The van der Waals surface area contributed by atoms with Crippen LogP contribution in [0.3, 0.4) is 0 Å². The maximum absolute atomic E-state index is 12.6. The number of anilines is 2. The Bertz CT molecular complexity index is 928. The molecule has 1 saturated heterocycles. The molecule has 0 radical (unpaired) electrons. The van der Waals surface area contributed by atoms with Gasteiger partial charge in [-0.2, -0.15) is 0 Å². The molecule has 7 nitrogen and oxygen atoms in total. The topological polar surface area (TPSA) is 95.9 Å². The van der Waals surface area contributed by atoms with Gasteiger partial charge in [-0.25, -0.2) is 0 Å². The summed E-state index contributed by atoms with van der Waals surface area (Å²) in [6, 6.07) is 13.7. The van der Waals surface area contributed by atoms with Gasteiger partial charge in [-0.05, 0) is 31.0 Å². The van der Waals surface area contributed by atoms with E-state index in [-0.39, 0.29) is 12.3 Å². The Kier molecular flexibility index (Phi) is 5.87. The van der Waals surface area contributed by atoms with Crippen LogP contribution in [0.5, 0.6) is 5.75 Å². The van der Waals surface area contributed by atoms with Crippen LogP contribution in [0.15, 0.2) is 48.5 Å². The van der Waals surface area contributed by atoms with Crippen molar-refractivity contribution in [2.24, 2.45) is 0 Å². The molecule has 1 heterocycles. The molecule has 7 heteroatoms. The van der Waals surface area contributed by atoms with E-state index >= 15 is 0 Å². The fraction of sp³-hybridized carbons (Fsp3) is 0.318. The fourth-order valence-corrected chi connectivity index (χ4v) is 3.51. The first-order chi connectivity index (χ1) is 13.8. The average molecular weight is 396 g/mol. The van der Waals surface area contributed by atoms with Crippen LogP contribution in [0.4, 0.5) is 11.4 Å². The summed E-state index contributed by atoms with van der Waals surface area (Å²) in [7, 11) is 1.50. The molecule has 2 aromatic rings. The van der Waals surface area contributed by atoms with Gasteiger partial charge in [-0.1, -0.05) is 30.3 Å². The Morgan fingerprint density at radius 1 is 1.21 bits per heavy atom. The number of carboxylic acids is 1. The second-order valence-electron chi connectivity index (χ2n) is 7.26. The van der Waals surface area contributed by atoms with Gasteiger partial charge in [0.05, 0.1) is 18.2 Å². The van der Waals surface area contributed by atoms with E-state index in [4.69, 9.17) is 4.74 Å². The normalized spacial score (nSPS) is 15.7. The number of methoxy groups -OCH3 is 1. The number of nitrogens with one attached hydrogen (secondary N) is 1. The first-order valence-corrected chi connectivity index (χ1v) is 9.42. The lowest BCUT2D eigenvalue weighted by Gasteiger charge is -2.25. The van der Waals surface area contributed by atoms with Crippen molar-refractivity contribution in [3.63, 3.8) is 0 Å². The van der Waals surface area contributed by atoms with Crippen molar-refractivity contribution in [1.29, 1.82) is 0 Å². The molecule has 2 aromatic carbocycles. The number of carboxylic acid groups (broad SMARTS) is 1. The molecule has 2 N–H and O–H groups in total. The molecular formula is C22H24N2O5. The monoisotopic (exact) mass is 396 g/mol. The molecular weight excluding hydrogens is 372 g/mol. The fourth-order valence-electron chi connectivity index (χ4n) is 3.51. The SMILES string of the molecule is COc1cc(NC(=O)CC(C)(C(=O)O)c2ccccc2)ccc1N1CCCC1=O. The van der Waals surface area contributed by atoms with Crippen LogP contribution in [0.2, 0.25) is 0 Å². The highest BCUT2D eigenvalue weighted by molar-refractivity contribution is 5.99. The molecule has 0 bridgehead atoms. The molecule has 3 rings (SSSR count). The van der Waals surface area contributed by atoms with E-state index in [9.17, 15) is 19.5 Å². The van der Waals surface area contributed by atoms with E-state index in [1.165, 1.54) is 14.0 Å². The van der Waals surface area contributed by atoms with Crippen LogP contribution >= 0.6 is 0 Å². The van der Waals surface area contributed by atoms with Gasteiger partial charge in [0.25, 0.3) is 0 Å². The van der Waals surface area contributed by atoms with Gasteiger partial charge >= 0.3 is 5.97 Å². The van der Waals surface area contributed by atoms with Crippen molar-refractivity contribution in [3.8, 4) is 5.75 Å². The third-order valence-corrected chi connectivity index (χ3v) is 5.22. The lowest BCUT2D eigenvalue weighted by Crippen LogP contribution is -2.36. The minimum absolute atomic E-state index is 0.0418. The minimum Gasteiger partial charge on any atom is -0.494 e. The van der Waals surface area contributed by atoms with Crippen LogP contribution in [-0.2, 0) is 19.8 Å². The number of nitrogens with zero attached hydrogens (tertiary/aromatic N) is 1. The van der Waals surface area contributed by atoms with E-state index in [1.54, 1.807) is 53.4 Å². The van der Waals surface area contributed by atoms with Gasteiger partial charge in [-0.15, -0.1) is 0 Å². The summed E-state index contributed by atoms with van der Waals surface area (Å²) < 4.78 is 5.40. The van der Waals surface area contributed by atoms with Crippen LogP contribution in [-0.4, -0.2) is 36.5 Å². The predicted octanol–water partition coefficient (Wildman–Crippen LogP) is 3.19. The summed E-state index contributed by atoms with van der Waals surface area (Å²) in [5.74, 6) is -0.979. The number of hydrogen-bond acceptors (Lipinski definition) is 4. The third-order valence-electron chi connectivity index (χ3n) is 5.22. The van der Waals surface area contributed by atoms with E-state index in [0.717, 1.165) is 6.42 Å². The quantitative estimate of drug-likeness (QED) is 0.749. The first kappa shape index (κ1) is 20.4. The largest absolute Gasteiger partial charge is 0.494 e. The Morgan fingerprint density at radius 2 is 1.93 bits per heavy atom. The molecule has 1 unspecified atom stereocenters. The summed E-state index contributed by atoms with van der Waals surface area (Å²) in [6.07, 6.45) is 1.09. The maximum Gasteiger partial charge on any atom is 0.314 e. The number of benzene rings is 2.